The molecule has 0 spiro atoms. The number of hydrogen-bond donors (Lipinski definition) is 1. The monoisotopic (exact) mass is 478 g/mol. The summed E-state index contributed by atoms with van der Waals surface area (Å²) in [6, 6.07) is 24.5. The summed E-state index contributed by atoms with van der Waals surface area (Å²) in [5, 5.41) is 9.17. The topological polar surface area (TPSA) is 54.0 Å². The smallest absolute Gasteiger partial charge is 0.246 e. The number of rotatable bonds is 8. The molecule has 3 aromatic carbocycles. The fraction of sp³-hybridized carbons (Fsp3) is 0.290. The van der Waals surface area contributed by atoms with Crippen LogP contribution in [0.15, 0.2) is 78.9 Å². The molecule has 5 nitrogen and oxygen atoms in total. The fourth-order valence-electron chi connectivity index (χ4n) is 4.88. The summed E-state index contributed by atoms with van der Waals surface area (Å²) >= 11 is 0. The van der Waals surface area contributed by atoms with E-state index in [1.165, 1.54) is 16.7 Å². The normalized spacial score (nSPS) is 14.3. The van der Waals surface area contributed by atoms with Crippen molar-refractivity contribution < 1.29 is 4.79 Å². The maximum absolute atomic E-state index is 13.6. The van der Waals surface area contributed by atoms with Crippen LogP contribution in [0, 0.1) is 19.3 Å². The van der Waals surface area contributed by atoms with Crippen LogP contribution in [-0.4, -0.2) is 33.0 Å². The van der Waals surface area contributed by atoms with E-state index in [4.69, 9.17) is 5.41 Å². The maximum atomic E-state index is 13.6. The van der Waals surface area contributed by atoms with Crippen molar-refractivity contribution in [2.45, 2.75) is 45.7 Å². The predicted molar refractivity (Wildman–Crippen MR) is 146 cm³/mol. The van der Waals surface area contributed by atoms with Crippen LogP contribution in [0.4, 0.5) is 0 Å². The van der Waals surface area contributed by atoms with Gasteiger partial charge in [0.15, 0.2) is 0 Å². The van der Waals surface area contributed by atoms with Gasteiger partial charge in [-0.05, 0) is 49.9 Å². The number of benzene rings is 3. The average molecular weight is 479 g/mol. The zero-order valence-electron chi connectivity index (χ0n) is 21.2. The van der Waals surface area contributed by atoms with E-state index < -0.39 is 6.04 Å². The van der Waals surface area contributed by atoms with Crippen molar-refractivity contribution in [1.82, 2.24) is 14.0 Å². The summed E-state index contributed by atoms with van der Waals surface area (Å²) in [6.45, 7) is 6.46. The Balaban J connectivity index is 1.47. The molecule has 184 valence electrons. The summed E-state index contributed by atoms with van der Waals surface area (Å²) in [4.78, 5) is 15.6. The fourth-order valence-corrected chi connectivity index (χ4v) is 4.88. The number of likely N-dealkylation sites (tertiary alicyclic amines) is 1. The van der Waals surface area contributed by atoms with Crippen LogP contribution in [0.5, 0.6) is 0 Å². The van der Waals surface area contributed by atoms with Crippen LogP contribution >= 0.6 is 0 Å². The van der Waals surface area contributed by atoms with E-state index >= 15 is 0 Å². The first-order valence-corrected chi connectivity index (χ1v) is 12.8. The van der Waals surface area contributed by atoms with E-state index in [0.29, 0.717) is 18.6 Å². The molecule has 36 heavy (non-hydrogen) atoms. The number of para-hydroxylation sites is 2. The van der Waals surface area contributed by atoms with Crippen molar-refractivity contribution in [3.05, 3.63) is 107 Å². The van der Waals surface area contributed by atoms with Crippen LogP contribution < -0.4 is 5.62 Å². The standard InChI is InChI=1S/C31H34N4O/c1-23-11-15-25(16-12-23)8-5-6-21-34-27-9-3-4-10-28(27)35(31(34)32)29(30(36)33-19-7-20-33)22-26-17-13-24(2)14-18-26/h3-5,8-18,29,32H,6-7,19-22H2,1-2H3/b8-5+,32-31?/t29-/m0/s1. The molecular formula is C31H34N4O. The van der Waals surface area contributed by atoms with Gasteiger partial charge in [-0.15, -0.1) is 0 Å². The van der Waals surface area contributed by atoms with Gasteiger partial charge in [0.1, 0.15) is 6.04 Å². The largest absolute Gasteiger partial charge is 0.341 e. The van der Waals surface area contributed by atoms with Crippen LogP contribution in [-0.2, 0) is 17.8 Å². The summed E-state index contributed by atoms with van der Waals surface area (Å²) in [7, 11) is 0. The molecule has 5 heteroatoms. The van der Waals surface area contributed by atoms with Gasteiger partial charge in [-0.3, -0.25) is 14.8 Å². The van der Waals surface area contributed by atoms with Crippen LogP contribution in [0.25, 0.3) is 17.1 Å². The second kappa shape index (κ2) is 10.4. The van der Waals surface area contributed by atoms with Gasteiger partial charge in [0.25, 0.3) is 0 Å². The van der Waals surface area contributed by atoms with Gasteiger partial charge in [0.2, 0.25) is 11.5 Å². The van der Waals surface area contributed by atoms with E-state index in [2.05, 4.69) is 80.6 Å². The number of aromatic nitrogens is 2. The number of nitrogens with zero attached hydrogens (tertiary/aromatic N) is 3. The highest BCUT2D eigenvalue weighted by Gasteiger charge is 2.31. The molecule has 1 fully saturated rings. The Kier molecular flexibility index (Phi) is 6.90. The van der Waals surface area contributed by atoms with Gasteiger partial charge < -0.3 is 9.47 Å². The molecule has 1 atom stereocenters. The van der Waals surface area contributed by atoms with Gasteiger partial charge in [-0.25, -0.2) is 0 Å². The van der Waals surface area contributed by atoms with Crippen LogP contribution in [0.2, 0.25) is 0 Å². The highest BCUT2D eigenvalue weighted by Crippen LogP contribution is 2.25. The van der Waals surface area contributed by atoms with Crippen molar-refractivity contribution in [2.75, 3.05) is 13.1 Å². The SMILES string of the molecule is Cc1ccc(/C=C/CCn2c(=N)n([C@@H](Cc3ccc(C)cc3)C(=O)N3CCC3)c3ccccc32)cc1. The molecule has 0 bridgehead atoms. The van der Waals surface area contributed by atoms with E-state index in [9.17, 15) is 4.79 Å². The average Bonchev–Trinajstić information content (AvgIpc) is 3.12. The lowest BCUT2D eigenvalue weighted by molar-refractivity contribution is -0.138. The Labute approximate surface area is 212 Å². The number of allylic oxidation sites excluding steroid dienone is 1. The van der Waals surface area contributed by atoms with Crippen LogP contribution in [0.1, 0.15) is 41.1 Å². The lowest BCUT2D eigenvalue weighted by atomic mass is 10.0. The third-order valence-electron chi connectivity index (χ3n) is 7.14. The Morgan fingerprint density at radius 2 is 1.56 bits per heavy atom. The van der Waals surface area contributed by atoms with Gasteiger partial charge in [0, 0.05) is 26.1 Å². The lowest BCUT2D eigenvalue weighted by Crippen LogP contribution is -2.47. The highest BCUT2D eigenvalue weighted by molar-refractivity contribution is 5.85. The molecule has 0 radical (unpaired) electrons. The van der Waals surface area contributed by atoms with Gasteiger partial charge >= 0.3 is 0 Å². The quantitative estimate of drug-likeness (QED) is 0.349. The molecule has 1 amide bonds. The third-order valence-corrected chi connectivity index (χ3v) is 7.14. The maximum Gasteiger partial charge on any atom is 0.246 e. The van der Waals surface area contributed by atoms with Crippen molar-refractivity contribution in [3.63, 3.8) is 0 Å². The van der Waals surface area contributed by atoms with Crippen molar-refractivity contribution >= 4 is 23.0 Å². The number of fused-ring (bicyclic) bond motifs is 1. The van der Waals surface area contributed by atoms with Crippen LogP contribution in [0.3, 0.4) is 0 Å². The minimum Gasteiger partial charge on any atom is -0.341 e. The second-order valence-electron chi connectivity index (χ2n) is 9.82. The predicted octanol–water partition coefficient (Wildman–Crippen LogP) is 5.66. The second-order valence-corrected chi connectivity index (χ2v) is 9.82. The van der Waals surface area contributed by atoms with Crippen molar-refractivity contribution in [1.29, 1.82) is 5.41 Å². The van der Waals surface area contributed by atoms with E-state index in [1.807, 2.05) is 32.2 Å². The first-order valence-electron chi connectivity index (χ1n) is 12.8. The summed E-state index contributed by atoms with van der Waals surface area (Å²) in [5.41, 5.74) is 7.07. The minimum absolute atomic E-state index is 0.113. The molecule has 2 heterocycles. The highest BCUT2D eigenvalue weighted by atomic mass is 16.2. The molecule has 1 N–H and O–H groups in total. The molecule has 0 unspecified atom stereocenters. The number of carbonyl (C=O) groups excluding carboxylic acids is 1. The molecular weight excluding hydrogens is 444 g/mol. The first-order chi connectivity index (χ1) is 17.5. The summed E-state index contributed by atoms with van der Waals surface area (Å²) in [6.07, 6.45) is 6.74. The zero-order chi connectivity index (χ0) is 25.1. The molecule has 0 aliphatic carbocycles. The van der Waals surface area contributed by atoms with E-state index in [1.54, 1.807) is 0 Å². The number of amides is 1. The number of carbonyl (C=O) groups is 1. The lowest BCUT2D eigenvalue weighted by Gasteiger charge is -2.34. The Hall–Kier alpha value is -3.86. The van der Waals surface area contributed by atoms with Crippen molar-refractivity contribution in [3.8, 4) is 0 Å². The Morgan fingerprint density at radius 3 is 2.19 bits per heavy atom. The Morgan fingerprint density at radius 1 is 0.917 bits per heavy atom. The Bertz CT molecular complexity index is 1440. The molecule has 1 aliphatic heterocycles. The molecule has 4 aromatic rings. The van der Waals surface area contributed by atoms with Gasteiger partial charge in [-0.2, -0.15) is 0 Å². The molecule has 1 aromatic heterocycles. The third kappa shape index (κ3) is 4.92. The summed E-state index contributed by atoms with van der Waals surface area (Å²) in [5.74, 6) is 0.113. The molecule has 5 rings (SSSR count). The number of nitrogens with one attached hydrogen (secondary N) is 1. The molecule has 1 aliphatic rings. The molecule has 0 saturated carbocycles. The first kappa shape index (κ1) is 23.9. The number of aryl methyl sites for hydroxylation is 3. The zero-order valence-corrected chi connectivity index (χ0v) is 21.2. The van der Waals surface area contributed by atoms with Gasteiger partial charge in [-0.1, -0.05) is 83.9 Å². The summed E-state index contributed by atoms with van der Waals surface area (Å²) < 4.78 is 4.00. The molecule has 1 saturated heterocycles. The number of imidazole rings is 1. The van der Waals surface area contributed by atoms with E-state index in [-0.39, 0.29) is 5.91 Å². The van der Waals surface area contributed by atoms with E-state index in [0.717, 1.165) is 42.5 Å². The number of hydrogen-bond acceptors (Lipinski definition) is 2. The van der Waals surface area contributed by atoms with Gasteiger partial charge in [0.05, 0.1) is 11.0 Å². The van der Waals surface area contributed by atoms with Crippen molar-refractivity contribution in [2.24, 2.45) is 0 Å². The minimum atomic E-state index is -0.435.